The third-order valence-electron chi connectivity index (χ3n) is 2.33. The molecular formula is C12H11AlO4. The highest BCUT2D eigenvalue weighted by Crippen LogP contribution is 2.18. The van der Waals surface area contributed by atoms with Gasteiger partial charge in [0.25, 0.3) is 0 Å². The summed E-state index contributed by atoms with van der Waals surface area (Å²) in [4.78, 5) is 21.5. The lowest BCUT2D eigenvalue weighted by Crippen LogP contribution is -1.97. The largest absolute Gasteiger partial charge is 0.478 e. The van der Waals surface area contributed by atoms with E-state index in [1.807, 2.05) is 0 Å². The monoisotopic (exact) mass is 246 g/mol. The molecule has 17 heavy (non-hydrogen) atoms. The van der Waals surface area contributed by atoms with Crippen molar-refractivity contribution in [3.05, 3.63) is 47.5 Å². The maximum absolute atomic E-state index is 10.7. The molecule has 0 aromatic heterocycles. The summed E-state index contributed by atoms with van der Waals surface area (Å²) in [7, 11) is 0. The fourth-order valence-corrected chi connectivity index (χ4v) is 1.51. The highest BCUT2D eigenvalue weighted by molar-refractivity contribution is 5.97. The number of aromatic carboxylic acids is 2. The summed E-state index contributed by atoms with van der Waals surface area (Å²) in [6, 6.07) is 9.15. The van der Waals surface area contributed by atoms with Crippen LogP contribution in [-0.2, 0) is 0 Å². The summed E-state index contributed by atoms with van der Waals surface area (Å²) in [6.45, 7) is 0. The van der Waals surface area contributed by atoms with E-state index >= 15 is 0 Å². The molecule has 2 N–H and O–H groups in total. The Hall–Kier alpha value is -1.83. The van der Waals surface area contributed by atoms with Crippen molar-refractivity contribution in [3.63, 3.8) is 0 Å². The first-order valence-electron chi connectivity index (χ1n) is 4.58. The zero-order chi connectivity index (χ0) is 11.7. The molecule has 0 amide bonds. The number of carboxylic acids is 2. The Morgan fingerprint density at radius 2 is 1.12 bits per heavy atom. The van der Waals surface area contributed by atoms with Gasteiger partial charge in [-0.05, 0) is 35.0 Å². The van der Waals surface area contributed by atoms with Gasteiger partial charge in [0, 0.05) is 0 Å². The molecule has 0 unspecified atom stereocenters. The van der Waals surface area contributed by atoms with Gasteiger partial charge in [-0.1, -0.05) is 12.1 Å². The molecule has 0 fully saturated rings. The number of carbonyl (C=O) groups is 2. The smallest absolute Gasteiger partial charge is 0.335 e. The van der Waals surface area contributed by atoms with E-state index in [-0.39, 0.29) is 28.5 Å². The van der Waals surface area contributed by atoms with Gasteiger partial charge in [-0.25, -0.2) is 9.59 Å². The van der Waals surface area contributed by atoms with Crippen molar-refractivity contribution in [2.75, 3.05) is 0 Å². The minimum absolute atomic E-state index is 0. The second-order valence-corrected chi connectivity index (χ2v) is 3.39. The van der Waals surface area contributed by atoms with Gasteiger partial charge in [-0.15, -0.1) is 0 Å². The maximum Gasteiger partial charge on any atom is 0.335 e. The average Bonchev–Trinajstić information content (AvgIpc) is 2.27. The predicted octanol–water partition coefficient (Wildman–Crippen LogP) is 1.05. The molecule has 0 radical (unpaired) electrons. The lowest BCUT2D eigenvalue weighted by atomic mass is 10.0. The van der Waals surface area contributed by atoms with Gasteiger partial charge in [0.15, 0.2) is 17.4 Å². The van der Waals surface area contributed by atoms with Gasteiger partial charge in [0.1, 0.15) is 0 Å². The van der Waals surface area contributed by atoms with Gasteiger partial charge < -0.3 is 10.2 Å². The zero-order valence-corrected chi connectivity index (χ0v) is 8.18. The lowest BCUT2D eigenvalue weighted by molar-refractivity contribution is 0.0686. The average molecular weight is 246 g/mol. The van der Waals surface area contributed by atoms with Crippen LogP contribution in [0.25, 0.3) is 10.8 Å². The standard InChI is InChI=1S/C12H8O4.Al.3H/c13-11(14)9-3-1-7-5-10(12(15)16)4-2-8(7)6-9;;;;/h1-6H,(H,13,14)(H,15,16);;;;. The Morgan fingerprint density at radius 1 is 0.765 bits per heavy atom. The maximum atomic E-state index is 10.7. The Labute approximate surface area is 108 Å². The Kier molecular flexibility index (Phi) is 3.90. The molecule has 0 spiro atoms. The van der Waals surface area contributed by atoms with Crippen LogP contribution in [0.5, 0.6) is 0 Å². The minimum Gasteiger partial charge on any atom is -0.478 e. The van der Waals surface area contributed by atoms with Gasteiger partial charge in [0.05, 0.1) is 11.1 Å². The summed E-state index contributed by atoms with van der Waals surface area (Å²) < 4.78 is 0. The van der Waals surface area contributed by atoms with E-state index in [0.717, 1.165) is 0 Å². The molecule has 0 saturated heterocycles. The molecule has 2 rings (SSSR count). The van der Waals surface area contributed by atoms with Crippen LogP contribution < -0.4 is 0 Å². The lowest BCUT2D eigenvalue weighted by Gasteiger charge is -2.01. The first-order chi connectivity index (χ1) is 7.58. The highest BCUT2D eigenvalue weighted by atomic mass is 27.0. The van der Waals surface area contributed by atoms with Crippen LogP contribution in [0.3, 0.4) is 0 Å². The van der Waals surface area contributed by atoms with Crippen molar-refractivity contribution in [2.45, 2.75) is 0 Å². The van der Waals surface area contributed by atoms with E-state index < -0.39 is 11.9 Å². The zero-order valence-electron chi connectivity index (χ0n) is 8.18. The third kappa shape index (κ3) is 2.65. The van der Waals surface area contributed by atoms with Gasteiger partial charge in [0.2, 0.25) is 0 Å². The molecule has 5 heteroatoms. The second-order valence-electron chi connectivity index (χ2n) is 3.39. The van der Waals surface area contributed by atoms with Crippen LogP contribution in [0.15, 0.2) is 36.4 Å². The second kappa shape index (κ2) is 5.00. The van der Waals surface area contributed by atoms with E-state index in [2.05, 4.69) is 0 Å². The molecular weight excluding hydrogens is 235 g/mol. The topological polar surface area (TPSA) is 74.6 Å². The summed E-state index contributed by atoms with van der Waals surface area (Å²) in [6.07, 6.45) is 0. The van der Waals surface area contributed by atoms with E-state index in [4.69, 9.17) is 10.2 Å². The van der Waals surface area contributed by atoms with E-state index in [0.29, 0.717) is 10.8 Å². The molecule has 2 aromatic rings. The van der Waals surface area contributed by atoms with Crippen LogP contribution in [0.2, 0.25) is 0 Å². The Morgan fingerprint density at radius 3 is 1.41 bits per heavy atom. The third-order valence-corrected chi connectivity index (χ3v) is 2.33. The van der Waals surface area contributed by atoms with Crippen LogP contribution in [0.4, 0.5) is 0 Å². The van der Waals surface area contributed by atoms with Crippen molar-refractivity contribution < 1.29 is 19.8 Å². The first-order valence-corrected chi connectivity index (χ1v) is 4.58. The summed E-state index contributed by atoms with van der Waals surface area (Å²) in [5, 5.41) is 19.0. The van der Waals surface area contributed by atoms with Crippen molar-refractivity contribution in [2.24, 2.45) is 0 Å². The molecule has 86 valence electrons. The molecule has 0 aliphatic rings. The molecule has 0 atom stereocenters. The van der Waals surface area contributed by atoms with Crippen molar-refractivity contribution in [1.82, 2.24) is 0 Å². The number of hydrogen-bond acceptors (Lipinski definition) is 2. The summed E-state index contributed by atoms with van der Waals surface area (Å²) in [5.41, 5.74) is 0.381. The summed E-state index contributed by atoms with van der Waals surface area (Å²) >= 11 is 0. The summed E-state index contributed by atoms with van der Waals surface area (Å²) in [5.74, 6) is -1.99. The molecule has 0 aliphatic heterocycles. The Balaban J connectivity index is 0.00000144. The van der Waals surface area contributed by atoms with Crippen molar-refractivity contribution >= 4 is 40.1 Å². The number of carboxylic acid groups (broad SMARTS) is 2. The van der Waals surface area contributed by atoms with Crippen LogP contribution in [-0.4, -0.2) is 39.5 Å². The molecule has 0 heterocycles. The van der Waals surface area contributed by atoms with Crippen LogP contribution in [0.1, 0.15) is 20.7 Å². The molecule has 2 aromatic carbocycles. The van der Waals surface area contributed by atoms with Gasteiger partial charge >= 0.3 is 11.9 Å². The van der Waals surface area contributed by atoms with Crippen molar-refractivity contribution in [1.29, 1.82) is 0 Å². The number of fused-ring (bicyclic) bond motifs is 1. The number of rotatable bonds is 2. The Bertz CT molecular complexity index is 539. The predicted molar refractivity (Wildman–Crippen MR) is 67.8 cm³/mol. The van der Waals surface area contributed by atoms with Crippen molar-refractivity contribution in [3.8, 4) is 0 Å². The van der Waals surface area contributed by atoms with E-state index in [1.54, 1.807) is 12.1 Å². The molecule has 4 nitrogen and oxygen atoms in total. The highest BCUT2D eigenvalue weighted by Gasteiger charge is 2.06. The van der Waals surface area contributed by atoms with Crippen LogP contribution >= 0.6 is 0 Å². The van der Waals surface area contributed by atoms with E-state index in [9.17, 15) is 9.59 Å². The number of hydrogen-bond donors (Lipinski definition) is 2. The van der Waals surface area contributed by atoms with Gasteiger partial charge in [-0.2, -0.15) is 0 Å². The fraction of sp³-hybridized carbons (Fsp3) is 0. The molecule has 0 bridgehead atoms. The van der Waals surface area contributed by atoms with E-state index in [1.165, 1.54) is 24.3 Å². The van der Waals surface area contributed by atoms with Gasteiger partial charge in [-0.3, -0.25) is 0 Å². The molecule has 0 saturated carbocycles. The fourth-order valence-electron chi connectivity index (χ4n) is 1.51. The minimum atomic E-state index is -0.996. The first kappa shape index (κ1) is 13.2. The quantitative estimate of drug-likeness (QED) is 0.777. The SMILES string of the molecule is O=C(O)c1ccc2cc(C(=O)O)ccc2c1.[AlH3]. The molecule has 0 aliphatic carbocycles. The number of benzene rings is 2. The van der Waals surface area contributed by atoms with Crippen LogP contribution in [0, 0.1) is 0 Å². The normalized spacial score (nSPS) is 9.65.